The van der Waals surface area contributed by atoms with Crippen LogP contribution in [0, 0.1) is 23.2 Å². The van der Waals surface area contributed by atoms with Crippen molar-refractivity contribution in [3.05, 3.63) is 34.4 Å². The summed E-state index contributed by atoms with van der Waals surface area (Å²) < 4.78 is 11.7. The molecule has 146 valence electrons. The molecule has 0 saturated heterocycles. The van der Waals surface area contributed by atoms with Gasteiger partial charge in [-0.05, 0) is 97.5 Å². The van der Waals surface area contributed by atoms with Gasteiger partial charge in [-0.2, -0.15) is 0 Å². The first-order valence-corrected chi connectivity index (χ1v) is 10.9. The van der Waals surface area contributed by atoms with E-state index >= 15 is 0 Å². The number of hydrogen-bond donors (Lipinski definition) is 0. The Kier molecular flexibility index (Phi) is 4.03. The molecule has 4 aliphatic rings. The molecule has 2 fully saturated rings. The summed E-state index contributed by atoms with van der Waals surface area (Å²) in [6.45, 7) is 7.11. The van der Waals surface area contributed by atoms with Gasteiger partial charge in [0.1, 0.15) is 5.75 Å². The van der Waals surface area contributed by atoms with Crippen LogP contribution < -0.4 is 4.74 Å². The highest BCUT2D eigenvalue weighted by Gasteiger charge is 2.55. The minimum Gasteiger partial charge on any atom is -0.496 e. The Morgan fingerprint density at radius 3 is 2.52 bits per heavy atom. The molecule has 2 saturated carbocycles. The molecule has 1 unspecified atom stereocenters. The third kappa shape index (κ3) is 2.41. The molecule has 1 aromatic rings. The second kappa shape index (κ2) is 6.11. The molecule has 0 radical (unpaired) electrons. The van der Waals surface area contributed by atoms with Gasteiger partial charge in [0, 0.05) is 18.6 Å². The first-order valence-electron chi connectivity index (χ1n) is 10.9. The highest BCUT2D eigenvalue weighted by molar-refractivity contribution is 5.87. The molecule has 0 bridgehead atoms. The van der Waals surface area contributed by atoms with E-state index in [0.717, 1.165) is 23.5 Å². The van der Waals surface area contributed by atoms with Crippen molar-refractivity contribution >= 4 is 5.57 Å². The topological polar surface area (TPSA) is 18.5 Å². The van der Waals surface area contributed by atoms with Gasteiger partial charge in [0.15, 0.2) is 0 Å². The molecule has 27 heavy (non-hydrogen) atoms. The normalized spacial score (nSPS) is 39.7. The predicted octanol–water partition coefficient (Wildman–Crippen LogP) is 5.99. The van der Waals surface area contributed by atoms with Crippen molar-refractivity contribution < 1.29 is 9.47 Å². The van der Waals surface area contributed by atoms with Gasteiger partial charge in [0.25, 0.3) is 0 Å². The molecule has 2 nitrogen and oxygen atoms in total. The third-order valence-corrected chi connectivity index (χ3v) is 8.96. The number of allylic oxidation sites excluding steroid dienone is 2. The zero-order valence-electron chi connectivity index (χ0n) is 17.6. The fourth-order valence-electron chi connectivity index (χ4n) is 7.24. The Labute approximate surface area is 164 Å². The summed E-state index contributed by atoms with van der Waals surface area (Å²) in [4.78, 5) is 0. The van der Waals surface area contributed by atoms with Crippen LogP contribution in [0.15, 0.2) is 17.7 Å². The second-order valence-corrected chi connectivity index (χ2v) is 9.83. The molecular weight excluding hydrogens is 332 g/mol. The molecule has 1 aromatic carbocycles. The summed E-state index contributed by atoms with van der Waals surface area (Å²) >= 11 is 0. The Hall–Kier alpha value is -1.28. The van der Waals surface area contributed by atoms with E-state index < -0.39 is 0 Å². The maximum atomic E-state index is 5.92. The van der Waals surface area contributed by atoms with Crippen LogP contribution >= 0.6 is 0 Å². The minimum absolute atomic E-state index is 0.396. The average Bonchev–Trinajstić information content (AvgIpc) is 3.11. The van der Waals surface area contributed by atoms with Gasteiger partial charge in [-0.25, -0.2) is 0 Å². The summed E-state index contributed by atoms with van der Waals surface area (Å²) in [5.74, 6) is 4.13. The van der Waals surface area contributed by atoms with Gasteiger partial charge >= 0.3 is 0 Å². The number of fused-ring (bicyclic) bond motifs is 5. The summed E-state index contributed by atoms with van der Waals surface area (Å²) in [5.41, 5.74) is 8.02. The fraction of sp³-hybridized carbons (Fsp3) is 0.680. The van der Waals surface area contributed by atoms with Crippen LogP contribution in [0.1, 0.15) is 75.5 Å². The van der Waals surface area contributed by atoms with Crippen molar-refractivity contribution in [3.63, 3.8) is 0 Å². The van der Waals surface area contributed by atoms with Gasteiger partial charge in [0.05, 0.1) is 13.2 Å². The number of benzene rings is 1. The molecule has 0 N–H and O–H groups in total. The lowest BCUT2D eigenvalue weighted by Crippen LogP contribution is -2.44. The van der Waals surface area contributed by atoms with Gasteiger partial charge in [-0.15, -0.1) is 0 Å². The van der Waals surface area contributed by atoms with Gasteiger partial charge in [0.2, 0.25) is 0 Å². The first kappa shape index (κ1) is 17.8. The van der Waals surface area contributed by atoms with Crippen molar-refractivity contribution in [2.75, 3.05) is 14.2 Å². The molecule has 5 rings (SSSR count). The van der Waals surface area contributed by atoms with Crippen LogP contribution in [0.3, 0.4) is 0 Å². The Balaban J connectivity index is 1.53. The Morgan fingerprint density at radius 2 is 1.85 bits per heavy atom. The van der Waals surface area contributed by atoms with E-state index in [1.54, 1.807) is 11.1 Å². The summed E-state index contributed by atoms with van der Waals surface area (Å²) in [5, 5.41) is 0. The summed E-state index contributed by atoms with van der Waals surface area (Å²) in [7, 11) is 3.75. The van der Waals surface area contributed by atoms with Crippen molar-refractivity contribution in [2.45, 2.75) is 71.3 Å². The monoisotopic (exact) mass is 366 g/mol. The quantitative estimate of drug-likeness (QED) is 0.654. The number of ether oxygens (including phenoxy) is 2. The van der Waals surface area contributed by atoms with Crippen molar-refractivity contribution in [3.8, 4) is 5.75 Å². The zero-order chi connectivity index (χ0) is 18.9. The van der Waals surface area contributed by atoms with E-state index in [4.69, 9.17) is 9.47 Å². The Bertz CT molecular complexity index is 807. The van der Waals surface area contributed by atoms with E-state index in [9.17, 15) is 0 Å². The number of methoxy groups -OCH3 is 2. The molecule has 0 aromatic heterocycles. The molecule has 0 spiro atoms. The molecule has 6 atom stereocenters. The van der Waals surface area contributed by atoms with Crippen molar-refractivity contribution in [1.29, 1.82) is 0 Å². The van der Waals surface area contributed by atoms with Gasteiger partial charge < -0.3 is 9.47 Å². The zero-order valence-corrected chi connectivity index (χ0v) is 17.6. The van der Waals surface area contributed by atoms with E-state index in [-0.39, 0.29) is 0 Å². The lowest BCUT2D eigenvalue weighted by atomic mass is 9.55. The van der Waals surface area contributed by atoms with Crippen LogP contribution in [0.4, 0.5) is 0 Å². The highest BCUT2D eigenvalue weighted by Crippen LogP contribution is 2.62. The summed E-state index contributed by atoms with van der Waals surface area (Å²) in [6.07, 6.45) is 8.28. The number of hydrogen-bond acceptors (Lipinski definition) is 2. The molecular formula is C25H34O2. The van der Waals surface area contributed by atoms with Gasteiger partial charge in [-0.1, -0.05) is 19.4 Å². The van der Waals surface area contributed by atoms with Crippen LogP contribution in [-0.2, 0) is 11.2 Å². The third-order valence-electron chi connectivity index (χ3n) is 8.96. The molecule has 0 amide bonds. The van der Waals surface area contributed by atoms with Crippen LogP contribution in [-0.4, -0.2) is 20.3 Å². The second-order valence-electron chi connectivity index (χ2n) is 9.83. The largest absolute Gasteiger partial charge is 0.496 e. The molecule has 0 heterocycles. The van der Waals surface area contributed by atoms with E-state index in [0.29, 0.717) is 17.4 Å². The highest BCUT2D eigenvalue weighted by atomic mass is 16.5. The maximum absolute atomic E-state index is 5.92. The molecule has 4 aliphatic carbocycles. The van der Waals surface area contributed by atoms with Crippen molar-refractivity contribution in [2.24, 2.45) is 23.2 Å². The lowest BCUT2D eigenvalue weighted by Gasteiger charge is -2.50. The SMILES string of the molecule is COc1cc2c(cc1C1=C(C)C1C)[C@H]1CC[C@]3(C)[C@@H](OC)CC[C@H]3[C@@H]1CC2. The smallest absolute Gasteiger partial charge is 0.126 e. The van der Waals surface area contributed by atoms with E-state index in [1.807, 2.05) is 14.2 Å². The summed E-state index contributed by atoms with van der Waals surface area (Å²) in [6, 6.07) is 4.89. The number of aryl methyl sites for hydroxylation is 1. The standard InChI is InChI=1S/C25H34O2/c1-14-15(2)24(14)20-13-19-16(12-22(20)26-4)6-7-18-17(19)10-11-25(3)21(18)8-9-23(25)27-5/h12-14,17-18,21,23H,6-11H2,1-5H3/t14?,17-,18+,21-,23-,25-/m0/s1. The Morgan fingerprint density at radius 1 is 1.07 bits per heavy atom. The first-order chi connectivity index (χ1) is 13.0. The maximum Gasteiger partial charge on any atom is 0.126 e. The van der Waals surface area contributed by atoms with Crippen molar-refractivity contribution in [1.82, 2.24) is 0 Å². The molecule has 0 aliphatic heterocycles. The van der Waals surface area contributed by atoms with Gasteiger partial charge in [-0.3, -0.25) is 0 Å². The van der Waals surface area contributed by atoms with Crippen LogP contribution in [0.5, 0.6) is 5.75 Å². The predicted molar refractivity (Wildman–Crippen MR) is 110 cm³/mol. The van der Waals surface area contributed by atoms with E-state index in [1.165, 1.54) is 55.2 Å². The van der Waals surface area contributed by atoms with E-state index in [2.05, 4.69) is 32.9 Å². The van der Waals surface area contributed by atoms with Crippen LogP contribution in [0.25, 0.3) is 5.57 Å². The number of rotatable bonds is 3. The molecule has 2 heteroatoms. The minimum atomic E-state index is 0.396. The lowest BCUT2D eigenvalue weighted by molar-refractivity contribution is -0.0444. The average molecular weight is 367 g/mol. The fourth-order valence-corrected chi connectivity index (χ4v) is 7.24. The van der Waals surface area contributed by atoms with Crippen LogP contribution in [0.2, 0.25) is 0 Å².